The summed E-state index contributed by atoms with van der Waals surface area (Å²) >= 11 is 0. The quantitative estimate of drug-likeness (QED) is 0.885. The number of ether oxygens (including phenoxy) is 2. The zero-order chi connectivity index (χ0) is 16.1. The van der Waals surface area contributed by atoms with Gasteiger partial charge in [-0.3, -0.25) is 4.79 Å². The maximum atomic E-state index is 12.3. The average molecular weight is 309 g/mol. The number of hydrogen-bond donors (Lipinski definition) is 1. The van der Waals surface area contributed by atoms with Crippen molar-refractivity contribution >= 4 is 17.7 Å². The number of hydrogen-bond acceptors (Lipinski definition) is 3. The van der Waals surface area contributed by atoms with E-state index in [4.69, 9.17) is 9.47 Å². The summed E-state index contributed by atoms with van der Waals surface area (Å²) in [6.07, 6.45) is 6.41. The lowest BCUT2D eigenvalue weighted by molar-refractivity contribution is 0.102. The molecule has 0 atom stereocenters. The molecule has 1 heterocycles. The van der Waals surface area contributed by atoms with E-state index >= 15 is 0 Å². The lowest BCUT2D eigenvalue weighted by Gasteiger charge is -2.06. The highest BCUT2D eigenvalue weighted by molar-refractivity contribution is 6.04. The van der Waals surface area contributed by atoms with Crippen LogP contribution in [0, 0.1) is 0 Å². The van der Waals surface area contributed by atoms with Crippen LogP contribution in [-0.4, -0.2) is 12.7 Å². The third-order valence-electron chi connectivity index (χ3n) is 3.57. The minimum absolute atomic E-state index is 0.145. The molecule has 0 bridgehead atoms. The fourth-order valence-electron chi connectivity index (χ4n) is 2.31. The smallest absolute Gasteiger partial charge is 0.255 e. The van der Waals surface area contributed by atoms with Crippen molar-refractivity contribution in [1.82, 2.24) is 0 Å². The Morgan fingerprint density at radius 2 is 1.91 bits per heavy atom. The molecule has 2 aromatic carbocycles. The molecule has 0 saturated carbocycles. The zero-order valence-corrected chi connectivity index (χ0v) is 13.0. The van der Waals surface area contributed by atoms with Crippen molar-refractivity contribution in [1.29, 1.82) is 0 Å². The van der Waals surface area contributed by atoms with Gasteiger partial charge in [0.1, 0.15) is 0 Å². The Bertz CT molecular complexity index is 720. The molecule has 1 amide bonds. The Balaban J connectivity index is 1.66. The molecule has 23 heavy (non-hydrogen) atoms. The largest absolute Gasteiger partial charge is 0.454 e. The van der Waals surface area contributed by atoms with Gasteiger partial charge in [0, 0.05) is 17.3 Å². The van der Waals surface area contributed by atoms with E-state index in [2.05, 4.69) is 24.4 Å². The Kier molecular flexibility index (Phi) is 4.62. The number of rotatable bonds is 5. The van der Waals surface area contributed by atoms with Gasteiger partial charge < -0.3 is 14.8 Å². The van der Waals surface area contributed by atoms with Crippen LogP contribution in [0.5, 0.6) is 11.5 Å². The van der Waals surface area contributed by atoms with Crippen LogP contribution in [0.15, 0.2) is 48.5 Å². The number of amides is 1. The van der Waals surface area contributed by atoms with Gasteiger partial charge in [0.2, 0.25) is 6.79 Å². The predicted molar refractivity (Wildman–Crippen MR) is 90.9 cm³/mol. The van der Waals surface area contributed by atoms with E-state index in [9.17, 15) is 4.79 Å². The van der Waals surface area contributed by atoms with E-state index in [0.717, 1.165) is 18.4 Å². The van der Waals surface area contributed by atoms with Gasteiger partial charge in [0.05, 0.1) is 0 Å². The van der Waals surface area contributed by atoms with E-state index in [1.807, 2.05) is 24.3 Å². The number of allylic oxidation sites excluding steroid dienone is 1. The Labute approximate surface area is 135 Å². The normalized spacial score (nSPS) is 12.6. The maximum absolute atomic E-state index is 12.3. The fraction of sp³-hybridized carbons (Fsp3) is 0.211. The van der Waals surface area contributed by atoms with Crippen LogP contribution in [0.3, 0.4) is 0 Å². The molecule has 1 N–H and O–H groups in total. The van der Waals surface area contributed by atoms with Gasteiger partial charge in [-0.2, -0.15) is 0 Å². The van der Waals surface area contributed by atoms with Crippen molar-refractivity contribution < 1.29 is 14.3 Å². The minimum atomic E-state index is -0.145. The molecular formula is C19H19NO3. The molecule has 118 valence electrons. The van der Waals surface area contributed by atoms with Gasteiger partial charge in [0.15, 0.2) is 11.5 Å². The molecule has 1 aliphatic rings. The van der Waals surface area contributed by atoms with E-state index in [-0.39, 0.29) is 12.7 Å². The second kappa shape index (κ2) is 7.01. The molecule has 1 aliphatic heterocycles. The Hall–Kier alpha value is -2.75. The van der Waals surface area contributed by atoms with Crippen LogP contribution in [0.4, 0.5) is 5.69 Å². The molecule has 3 rings (SSSR count). The fourth-order valence-corrected chi connectivity index (χ4v) is 2.31. The lowest BCUT2D eigenvalue weighted by atomic mass is 10.1. The number of carbonyl (C=O) groups excluding carboxylic acids is 1. The van der Waals surface area contributed by atoms with Crippen LogP contribution < -0.4 is 14.8 Å². The molecule has 0 spiro atoms. The molecule has 0 saturated heterocycles. The summed E-state index contributed by atoms with van der Waals surface area (Å²) in [6, 6.07) is 12.9. The summed E-state index contributed by atoms with van der Waals surface area (Å²) in [5.41, 5.74) is 2.40. The van der Waals surface area contributed by atoms with Gasteiger partial charge in [-0.1, -0.05) is 37.6 Å². The van der Waals surface area contributed by atoms with Gasteiger partial charge in [-0.05, 0) is 36.2 Å². The van der Waals surface area contributed by atoms with E-state index < -0.39 is 0 Å². The first-order chi connectivity index (χ1) is 11.3. The Morgan fingerprint density at radius 1 is 1.13 bits per heavy atom. The van der Waals surface area contributed by atoms with Crippen molar-refractivity contribution in [3.63, 3.8) is 0 Å². The van der Waals surface area contributed by atoms with Crippen molar-refractivity contribution in [3.05, 3.63) is 59.7 Å². The average Bonchev–Trinajstić information content (AvgIpc) is 3.03. The molecular weight excluding hydrogens is 290 g/mol. The summed E-state index contributed by atoms with van der Waals surface area (Å²) in [5.74, 6) is 1.21. The van der Waals surface area contributed by atoms with Crippen molar-refractivity contribution in [2.75, 3.05) is 12.1 Å². The van der Waals surface area contributed by atoms with Crippen LogP contribution >= 0.6 is 0 Å². The van der Waals surface area contributed by atoms with Crippen LogP contribution in [0.2, 0.25) is 0 Å². The van der Waals surface area contributed by atoms with Gasteiger partial charge in [-0.15, -0.1) is 0 Å². The number of nitrogens with one attached hydrogen (secondary N) is 1. The van der Waals surface area contributed by atoms with E-state index in [1.165, 1.54) is 0 Å². The summed E-state index contributed by atoms with van der Waals surface area (Å²) < 4.78 is 10.6. The first kappa shape index (κ1) is 15.2. The van der Waals surface area contributed by atoms with Gasteiger partial charge >= 0.3 is 0 Å². The molecule has 4 nitrogen and oxygen atoms in total. The van der Waals surface area contributed by atoms with E-state index in [0.29, 0.717) is 22.7 Å². The SMILES string of the molecule is CCC/C=C/c1ccc(C(=O)Nc2ccc3c(c2)OCO3)cc1. The number of carbonyl (C=O) groups is 1. The maximum Gasteiger partial charge on any atom is 0.255 e. The highest BCUT2D eigenvalue weighted by atomic mass is 16.7. The summed E-state index contributed by atoms with van der Waals surface area (Å²) in [7, 11) is 0. The van der Waals surface area contributed by atoms with Crippen LogP contribution in [-0.2, 0) is 0 Å². The van der Waals surface area contributed by atoms with Crippen LogP contribution in [0.1, 0.15) is 35.7 Å². The Morgan fingerprint density at radius 3 is 2.70 bits per heavy atom. The number of fused-ring (bicyclic) bond motifs is 1. The molecule has 2 aromatic rings. The van der Waals surface area contributed by atoms with Gasteiger partial charge in [0.25, 0.3) is 5.91 Å². The topological polar surface area (TPSA) is 47.6 Å². The number of anilines is 1. The molecule has 0 radical (unpaired) electrons. The molecule has 0 aliphatic carbocycles. The standard InChI is InChI=1S/C19H19NO3/c1-2-3-4-5-14-6-8-15(9-7-14)19(21)20-16-10-11-17-18(12-16)23-13-22-17/h4-12H,2-3,13H2,1H3,(H,20,21)/b5-4+. The summed E-state index contributed by atoms with van der Waals surface area (Å²) in [4.78, 5) is 12.3. The molecule has 0 unspecified atom stereocenters. The second-order valence-corrected chi connectivity index (χ2v) is 5.34. The third kappa shape index (κ3) is 3.72. The highest BCUT2D eigenvalue weighted by Gasteiger charge is 2.14. The lowest BCUT2D eigenvalue weighted by Crippen LogP contribution is -2.11. The van der Waals surface area contributed by atoms with E-state index in [1.54, 1.807) is 18.2 Å². The minimum Gasteiger partial charge on any atom is -0.454 e. The monoisotopic (exact) mass is 309 g/mol. The summed E-state index contributed by atoms with van der Waals surface area (Å²) in [6.45, 7) is 2.37. The van der Waals surface area contributed by atoms with Crippen LogP contribution in [0.25, 0.3) is 6.08 Å². The molecule has 0 fully saturated rings. The zero-order valence-electron chi connectivity index (χ0n) is 13.0. The van der Waals surface area contributed by atoms with Crippen molar-refractivity contribution in [2.24, 2.45) is 0 Å². The first-order valence-corrected chi connectivity index (χ1v) is 7.74. The van der Waals surface area contributed by atoms with Crippen molar-refractivity contribution in [2.45, 2.75) is 19.8 Å². The third-order valence-corrected chi connectivity index (χ3v) is 3.57. The number of benzene rings is 2. The first-order valence-electron chi connectivity index (χ1n) is 7.74. The van der Waals surface area contributed by atoms with Crippen molar-refractivity contribution in [3.8, 4) is 11.5 Å². The summed E-state index contributed by atoms with van der Waals surface area (Å²) in [5, 5.41) is 2.87. The molecule has 0 aromatic heterocycles. The highest BCUT2D eigenvalue weighted by Crippen LogP contribution is 2.34. The molecule has 4 heteroatoms. The predicted octanol–water partition coefficient (Wildman–Crippen LogP) is 4.48. The number of unbranched alkanes of at least 4 members (excludes halogenated alkanes) is 1. The van der Waals surface area contributed by atoms with Gasteiger partial charge in [-0.25, -0.2) is 0 Å². The second-order valence-electron chi connectivity index (χ2n) is 5.34.